The molecule has 0 radical (unpaired) electrons. The maximum Gasteiger partial charge on any atom is 0.298 e. The second kappa shape index (κ2) is 9.85. The highest BCUT2D eigenvalue weighted by Crippen LogP contribution is 2.25. The third-order valence-electron chi connectivity index (χ3n) is 6.10. The molecule has 35 heavy (non-hydrogen) atoms. The summed E-state index contributed by atoms with van der Waals surface area (Å²) in [6, 6.07) is 19.4. The van der Waals surface area contributed by atoms with Crippen molar-refractivity contribution < 1.29 is 18.3 Å². The van der Waals surface area contributed by atoms with Gasteiger partial charge in [0.25, 0.3) is 11.9 Å². The van der Waals surface area contributed by atoms with Crippen LogP contribution in [-0.4, -0.2) is 62.2 Å². The molecule has 1 N–H and O–H groups in total. The van der Waals surface area contributed by atoms with Gasteiger partial charge in [-0.25, -0.2) is 4.39 Å². The van der Waals surface area contributed by atoms with Crippen molar-refractivity contribution in [1.29, 1.82) is 0 Å². The van der Waals surface area contributed by atoms with E-state index in [1.54, 1.807) is 42.5 Å². The molecular weight excluding hydrogens is 447 g/mol. The van der Waals surface area contributed by atoms with Crippen molar-refractivity contribution >= 4 is 28.7 Å². The normalized spacial score (nSPS) is 16.4. The minimum absolute atomic E-state index is 0.0954. The number of ether oxygens (including phenoxy) is 1. The molecular formula is C27H27FN4O3. The van der Waals surface area contributed by atoms with Crippen molar-refractivity contribution in [2.24, 2.45) is 0 Å². The molecule has 0 saturated carbocycles. The summed E-state index contributed by atoms with van der Waals surface area (Å²) in [5.74, 6) is -0.506. The molecule has 0 spiro atoms. The number of oxazole rings is 1. The van der Waals surface area contributed by atoms with Crippen LogP contribution >= 0.6 is 0 Å². The van der Waals surface area contributed by atoms with Gasteiger partial charge in [0.15, 0.2) is 5.58 Å². The highest BCUT2D eigenvalue weighted by atomic mass is 19.1. The Morgan fingerprint density at radius 2 is 1.83 bits per heavy atom. The van der Waals surface area contributed by atoms with Crippen molar-refractivity contribution in [3.8, 4) is 11.1 Å². The van der Waals surface area contributed by atoms with E-state index in [4.69, 9.17) is 9.15 Å². The number of fused-ring (bicyclic) bond motifs is 1. The molecule has 1 amide bonds. The van der Waals surface area contributed by atoms with Gasteiger partial charge in [-0.15, -0.1) is 0 Å². The van der Waals surface area contributed by atoms with Gasteiger partial charge in [-0.2, -0.15) is 4.98 Å². The summed E-state index contributed by atoms with van der Waals surface area (Å²) < 4.78 is 24.9. The van der Waals surface area contributed by atoms with Crippen molar-refractivity contribution in [3.05, 3.63) is 78.1 Å². The fourth-order valence-corrected chi connectivity index (χ4v) is 4.18. The van der Waals surface area contributed by atoms with Crippen LogP contribution in [0.15, 0.2) is 71.1 Å². The maximum absolute atomic E-state index is 13.2. The quantitative estimate of drug-likeness (QED) is 0.439. The number of morpholine rings is 1. The average Bonchev–Trinajstić information content (AvgIpc) is 3.28. The summed E-state index contributed by atoms with van der Waals surface area (Å²) in [6.07, 6.45) is 0.0954. The zero-order chi connectivity index (χ0) is 24.4. The molecule has 0 aliphatic carbocycles. The predicted molar refractivity (Wildman–Crippen MR) is 134 cm³/mol. The van der Waals surface area contributed by atoms with Crippen LogP contribution in [0.3, 0.4) is 0 Å². The van der Waals surface area contributed by atoms with Gasteiger partial charge < -0.3 is 24.3 Å². The van der Waals surface area contributed by atoms with Gasteiger partial charge in [0.2, 0.25) is 0 Å². The molecule has 4 aromatic rings. The van der Waals surface area contributed by atoms with Gasteiger partial charge in [0.1, 0.15) is 11.3 Å². The molecule has 1 unspecified atom stereocenters. The topological polar surface area (TPSA) is 70.8 Å². The number of nitrogens with one attached hydrogen (secondary N) is 1. The minimum atomic E-state index is -0.279. The number of nitrogens with zero attached hydrogens (tertiary/aromatic N) is 3. The summed E-state index contributed by atoms with van der Waals surface area (Å²) >= 11 is 0. The number of benzene rings is 3. The molecule has 5 rings (SSSR count). The van der Waals surface area contributed by atoms with E-state index in [1.807, 2.05) is 24.1 Å². The first-order valence-electron chi connectivity index (χ1n) is 11.5. The third kappa shape index (κ3) is 5.34. The van der Waals surface area contributed by atoms with Crippen LogP contribution < -0.4 is 10.2 Å². The van der Waals surface area contributed by atoms with Crippen LogP contribution in [0.1, 0.15) is 10.4 Å². The SMILES string of the molecule is CN1CCOC(CN(C)c2nc3cc(NC(=O)c4ccc(-c5ccc(F)cc5)cc4)ccc3o2)C1. The summed E-state index contributed by atoms with van der Waals surface area (Å²) in [4.78, 5) is 21.6. The Balaban J connectivity index is 1.25. The van der Waals surface area contributed by atoms with Crippen molar-refractivity contribution in [3.63, 3.8) is 0 Å². The molecule has 2 heterocycles. The molecule has 7 nitrogen and oxygen atoms in total. The van der Waals surface area contributed by atoms with E-state index in [-0.39, 0.29) is 17.8 Å². The lowest BCUT2D eigenvalue weighted by Gasteiger charge is -2.32. The van der Waals surface area contributed by atoms with Gasteiger partial charge in [0.05, 0.1) is 12.7 Å². The number of anilines is 2. The van der Waals surface area contributed by atoms with Crippen LogP contribution in [0.2, 0.25) is 0 Å². The number of carbonyl (C=O) groups excluding carboxylic acids is 1. The van der Waals surface area contributed by atoms with Crippen LogP contribution in [-0.2, 0) is 4.74 Å². The number of likely N-dealkylation sites (N-methyl/N-ethyl adjacent to an activating group) is 2. The number of carbonyl (C=O) groups is 1. The average molecular weight is 475 g/mol. The van der Waals surface area contributed by atoms with Crippen molar-refractivity contribution in [2.75, 3.05) is 50.6 Å². The lowest BCUT2D eigenvalue weighted by atomic mass is 10.0. The molecule has 8 heteroatoms. The van der Waals surface area contributed by atoms with Crippen LogP contribution in [0.5, 0.6) is 0 Å². The van der Waals surface area contributed by atoms with E-state index < -0.39 is 0 Å². The number of hydrogen-bond acceptors (Lipinski definition) is 6. The zero-order valence-electron chi connectivity index (χ0n) is 19.7. The highest BCUT2D eigenvalue weighted by Gasteiger charge is 2.21. The van der Waals surface area contributed by atoms with Crippen molar-refractivity contribution in [2.45, 2.75) is 6.10 Å². The molecule has 0 bridgehead atoms. The fraction of sp³-hybridized carbons (Fsp3) is 0.259. The minimum Gasteiger partial charge on any atom is -0.423 e. The predicted octanol–water partition coefficient (Wildman–Crippen LogP) is 4.65. The largest absolute Gasteiger partial charge is 0.423 e. The summed E-state index contributed by atoms with van der Waals surface area (Å²) in [6.45, 7) is 3.21. The van der Waals surface area contributed by atoms with Crippen molar-refractivity contribution in [1.82, 2.24) is 9.88 Å². The first kappa shape index (κ1) is 23.0. The summed E-state index contributed by atoms with van der Waals surface area (Å²) in [5.41, 5.74) is 4.26. The van der Waals surface area contributed by atoms with Crippen LogP contribution in [0.4, 0.5) is 16.1 Å². The van der Waals surface area contributed by atoms with E-state index >= 15 is 0 Å². The number of amides is 1. The Hall–Kier alpha value is -3.75. The zero-order valence-corrected chi connectivity index (χ0v) is 19.7. The first-order chi connectivity index (χ1) is 16.9. The van der Waals surface area contributed by atoms with E-state index in [0.717, 1.165) is 30.8 Å². The maximum atomic E-state index is 13.2. The summed E-state index contributed by atoms with van der Waals surface area (Å²) in [5, 5.41) is 2.92. The monoisotopic (exact) mass is 474 g/mol. The molecule has 1 aliphatic rings. The second-order valence-electron chi connectivity index (χ2n) is 8.85. The molecule has 1 aromatic heterocycles. The van der Waals surface area contributed by atoms with Gasteiger partial charge in [-0.05, 0) is 60.6 Å². The molecule has 180 valence electrons. The number of hydrogen-bond donors (Lipinski definition) is 1. The fourth-order valence-electron chi connectivity index (χ4n) is 4.18. The first-order valence-corrected chi connectivity index (χ1v) is 11.5. The molecule has 3 aromatic carbocycles. The number of halogens is 1. The lowest BCUT2D eigenvalue weighted by molar-refractivity contribution is -0.0146. The van der Waals surface area contributed by atoms with Gasteiger partial charge >= 0.3 is 0 Å². The Morgan fingerprint density at radius 3 is 2.54 bits per heavy atom. The van der Waals surface area contributed by atoms with E-state index in [9.17, 15) is 9.18 Å². The van der Waals surface area contributed by atoms with Gasteiger partial charge in [-0.3, -0.25) is 4.79 Å². The molecule has 1 atom stereocenters. The number of rotatable bonds is 6. The van der Waals surface area contributed by atoms with Crippen LogP contribution in [0.25, 0.3) is 22.2 Å². The Labute approximate surface area is 203 Å². The lowest BCUT2D eigenvalue weighted by Crippen LogP contribution is -2.45. The Kier molecular flexibility index (Phi) is 6.48. The Morgan fingerprint density at radius 1 is 1.11 bits per heavy atom. The standard InChI is InChI=1S/C27H27FN4O3/c1-31-13-14-34-23(16-31)17-32(2)27-30-24-15-22(11-12-25(24)35-27)29-26(33)20-5-3-18(4-6-20)19-7-9-21(28)10-8-19/h3-12,15,23H,13-14,16-17H2,1-2H3,(H,29,33). The summed E-state index contributed by atoms with van der Waals surface area (Å²) in [7, 11) is 4.02. The smallest absolute Gasteiger partial charge is 0.298 e. The Bertz CT molecular complexity index is 1320. The highest BCUT2D eigenvalue weighted by molar-refractivity contribution is 6.05. The van der Waals surface area contributed by atoms with Gasteiger partial charge in [0, 0.05) is 37.9 Å². The second-order valence-corrected chi connectivity index (χ2v) is 8.85. The third-order valence-corrected chi connectivity index (χ3v) is 6.10. The van der Waals surface area contributed by atoms with E-state index in [0.29, 0.717) is 34.9 Å². The van der Waals surface area contributed by atoms with E-state index in [2.05, 4.69) is 22.2 Å². The van der Waals surface area contributed by atoms with E-state index in [1.165, 1.54) is 12.1 Å². The molecule has 1 aliphatic heterocycles. The molecule has 1 saturated heterocycles. The van der Waals surface area contributed by atoms with Crippen LogP contribution in [0, 0.1) is 5.82 Å². The molecule has 1 fully saturated rings. The number of aromatic nitrogens is 1. The van der Waals surface area contributed by atoms with Gasteiger partial charge in [-0.1, -0.05) is 24.3 Å².